The van der Waals surface area contributed by atoms with Crippen LogP contribution in [0.25, 0.3) is 5.69 Å². The van der Waals surface area contributed by atoms with Crippen LogP contribution in [0.3, 0.4) is 0 Å². The van der Waals surface area contributed by atoms with Gasteiger partial charge in [-0.3, -0.25) is 20.4 Å². The Morgan fingerprint density at radius 3 is 2.58 bits per heavy atom. The molecule has 0 aliphatic heterocycles. The normalized spacial score (nSPS) is 10.2. The van der Waals surface area contributed by atoms with E-state index in [4.69, 9.17) is 0 Å². The van der Waals surface area contributed by atoms with Crippen molar-refractivity contribution in [3.8, 4) is 5.69 Å². The number of hydrazine groups is 1. The highest BCUT2D eigenvalue weighted by molar-refractivity contribution is 7.12. The Kier molecular flexibility index (Phi) is 4.01. The number of aromatic nitrogens is 1. The molecule has 2 heterocycles. The Bertz CT molecular complexity index is 587. The second-order valence-electron chi connectivity index (χ2n) is 4.04. The van der Waals surface area contributed by atoms with E-state index >= 15 is 0 Å². The number of thiophene rings is 1. The predicted octanol–water partition coefficient (Wildman–Crippen LogP) is 2.02. The third-order valence-corrected chi connectivity index (χ3v) is 3.73. The van der Waals surface area contributed by atoms with E-state index in [1.54, 1.807) is 6.92 Å². The minimum absolute atomic E-state index is 0.218. The molecule has 0 unspecified atom stereocenters. The van der Waals surface area contributed by atoms with E-state index in [9.17, 15) is 9.59 Å². The number of nitrogens with one attached hydrogen (secondary N) is 2. The van der Waals surface area contributed by atoms with Crippen molar-refractivity contribution in [3.63, 3.8) is 0 Å². The van der Waals surface area contributed by atoms with Crippen LogP contribution < -0.4 is 10.9 Å². The summed E-state index contributed by atoms with van der Waals surface area (Å²) in [7, 11) is 0. The fraction of sp³-hybridized carbons (Fsp3) is 0.231. The van der Waals surface area contributed by atoms with Crippen LogP contribution in [-0.4, -0.2) is 16.4 Å². The number of nitrogens with zero attached hydrogens (tertiary/aromatic N) is 1. The van der Waals surface area contributed by atoms with Crippen molar-refractivity contribution in [2.45, 2.75) is 20.3 Å². The van der Waals surface area contributed by atoms with Crippen LogP contribution in [0.2, 0.25) is 0 Å². The summed E-state index contributed by atoms with van der Waals surface area (Å²) in [5, 5.41) is 1.92. The van der Waals surface area contributed by atoms with Gasteiger partial charge in [0.1, 0.15) is 4.88 Å². The fourth-order valence-corrected chi connectivity index (χ4v) is 2.62. The summed E-state index contributed by atoms with van der Waals surface area (Å²) in [6.07, 6.45) is 4.10. The first kappa shape index (κ1) is 13.4. The molecule has 0 saturated heterocycles. The zero-order valence-corrected chi connectivity index (χ0v) is 11.6. The summed E-state index contributed by atoms with van der Waals surface area (Å²) in [6.45, 7) is 3.68. The lowest BCUT2D eigenvalue weighted by atomic mass is 10.2. The average molecular weight is 277 g/mol. The summed E-state index contributed by atoms with van der Waals surface area (Å²) >= 11 is 1.36. The molecule has 0 aromatic carbocycles. The second-order valence-corrected chi connectivity index (χ2v) is 4.92. The van der Waals surface area contributed by atoms with E-state index < -0.39 is 0 Å². The molecule has 6 heteroatoms. The molecule has 100 valence electrons. The Balaban J connectivity index is 2.21. The van der Waals surface area contributed by atoms with Gasteiger partial charge in [-0.25, -0.2) is 0 Å². The molecule has 0 aliphatic rings. The van der Waals surface area contributed by atoms with E-state index in [-0.39, 0.29) is 11.8 Å². The lowest BCUT2D eigenvalue weighted by molar-refractivity contribution is -0.121. The van der Waals surface area contributed by atoms with E-state index in [2.05, 4.69) is 10.9 Å². The molecule has 2 amide bonds. The molecule has 0 spiro atoms. The number of hydrogen-bond donors (Lipinski definition) is 2. The van der Waals surface area contributed by atoms with Crippen LogP contribution in [0.5, 0.6) is 0 Å². The first-order valence-electron chi connectivity index (χ1n) is 5.94. The number of aryl methyl sites for hydroxylation is 1. The highest BCUT2D eigenvalue weighted by Gasteiger charge is 2.17. The van der Waals surface area contributed by atoms with Crippen molar-refractivity contribution in [2.24, 2.45) is 0 Å². The second kappa shape index (κ2) is 5.71. The van der Waals surface area contributed by atoms with Gasteiger partial charge in [-0.15, -0.1) is 11.3 Å². The monoisotopic (exact) mass is 277 g/mol. The molecule has 19 heavy (non-hydrogen) atoms. The van der Waals surface area contributed by atoms with Crippen molar-refractivity contribution in [3.05, 3.63) is 40.3 Å². The van der Waals surface area contributed by atoms with E-state index in [0.717, 1.165) is 11.3 Å². The Labute approximate surface area is 115 Å². The minimum atomic E-state index is -0.302. The van der Waals surface area contributed by atoms with Crippen LogP contribution in [0.15, 0.2) is 29.9 Å². The zero-order chi connectivity index (χ0) is 13.8. The summed E-state index contributed by atoms with van der Waals surface area (Å²) < 4.78 is 1.89. The molecule has 0 bridgehead atoms. The lowest BCUT2D eigenvalue weighted by Gasteiger charge is -2.08. The van der Waals surface area contributed by atoms with Crippen molar-refractivity contribution in [2.75, 3.05) is 0 Å². The number of hydrogen-bond acceptors (Lipinski definition) is 3. The molecule has 5 nitrogen and oxygen atoms in total. The molecular weight excluding hydrogens is 262 g/mol. The molecule has 0 atom stereocenters. The van der Waals surface area contributed by atoms with Crippen LogP contribution in [0.4, 0.5) is 0 Å². The maximum absolute atomic E-state index is 12.1. The van der Waals surface area contributed by atoms with Crippen LogP contribution in [0.1, 0.15) is 28.6 Å². The van der Waals surface area contributed by atoms with Gasteiger partial charge in [0.05, 0.1) is 5.69 Å². The third kappa shape index (κ3) is 2.85. The molecule has 0 fully saturated rings. The standard InChI is InChI=1S/C13H15N3O2S/c1-3-10(17)14-15-13(18)12-11(9(2)8-19-12)16-6-4-5-7-16/h4-8H,3H2,1-2H3,(H,14,17)(H,15,18). The Morgan fingerprint density at radius 1 is 1.26 bits per heavy atom. The van der Waals surface area contributed by atoms with Crippen molar-refractivity contribution < 1.29 is 9.59 Å². The van der Waals surface area contributed by atoms with Gasteiger partial charge in [0.15, 0.2) is 0 Å². The Hall–Kier alpha value is -2.08. The summed E-state index contributed by atoms with van der Waals surface area (Å²) in [4.78, 5) is 23.8. The van der Waals surface area contributed by atoms with Gasteiger partial charge in [0.25, 0.3) is 5.91 Å². The molecule has 2 aromatic heterocycles. The van der Waals surface area contributed by atoms with Gasteiger partial charge < -0.3 is 4.57 Å². The topological polar surface area (TPSA) is 63.1 Å². The number of amides is 2. The molecule has 2 rings (SSSR count). The summed E-state index contributed by atoms with van der Waals surface area (Å²) in [5.74, 6) is -0.521. The van der Waals surface area contributed by atoms with E-state index in [0.29, 0.717) is 11.3 Å². The summed E-state index contributed by atoms with van der Waals surface area (Å²) in [6, 6.07) is 3.80. The molecule has 0 aliphatic carbocycles. The average Bonchev–Trinajstić information content (AvgIpc) is 3.04. The van der Waals surface area contributed by atoms with Gasteiger partial charge >= 0.3 is 0 Å². The molecule has 2 aromatic rings. The van der Waals surface area contributed by atoms with Gasteiger partial charge in [-0.1, -0.05) is 6.92 Å². The van der Waals surface area contributed by atoms with E-state index in [1.807, 2.05) is 41.4 Å². The number of carbonyl (C=O) groups excluding carboxylic acids is 2. The maximum atomic E-state index is 12.1. The zero-order valence-electron chi connectivity index (χ0n) is 10.8. The predicted molar refractivity (Wildman–Crippen MR) is 74.3 cm³/mol. The summed E-state index contributed by atoms with van der Waals surface area (Å²) in [5.41, 5.74) is 6.66. The van der Waals surface area contributed by atoms with Crippen molar-refractivity contribution in [1.82, 2.24) is 15.4 Å². The SMILES string of the molecule is CCC(=O)NNC(=O)c1scc(C)c1-n1cccc1. The van der Waals surface area contributed by atoms with Gasteiger partial charge in [-0.2, -0.15) is 0 Å². The van der Waals surface area contributed by atoms with Crippen molar-refractivity contribution >= 4 is 23.2 Å². The Morgan fingerprint density at radius 2 is 1.95 bits per heavy atom. The van der Waals surface area contributed by atoms with E-state index in [1.165, 1.54) is 11.3 Å². The number of rotatable bonds is 3. The van der Waals surface area contributed by atoms with Crippen LogP contribution in [0, 0.1) is 6.92 Å². The fourth-order valence-electron chi connectivity index (χ4n) is 1.68. The van der Waals surface area contributed by atoms with Crippen LogP contribution >= 0.6 is 11.3 Å². The van der Waals surface area contributed by atoms with Gasteiger partial charge in [0.2, 0.25) is 5.91 Å². The van der Waals surface area contributed by atoms with Gasteiger partial charge in [-0.05, 0) is 30.0 Å². The first-order chi connectivity index (χ1) is 9.13. The first-order valence-corrected chi connectivity index (χ1v) is 6.82. The lowest BCUT2D eigenvalue weighted by Crippen LogP contribution is -2.41. The third-order valence-electron chi connectivity index (χ3n) is 2.65. The highest BCUT2D eigenvalue weighted by atomic mass is 32.1. The maximum Gasteiger partial charge on any atom is 0.281 e. The quantitative estimate of drug-likeness (QED) is 0.843. The highest BCUT2D eigenvalue weighted by Crippen LogP contribution is 2.25. The molecule has 0 radical (unpaired) electrons. The number of carbonyl (C=O) groups is 2. The smallest absolute Gasteiger partial charge is 0.281 e. The molecular formula is C13H15N3O2S. The van der Waals surface area contributed by atoms with Crippen molar-refractivity contribution in [1.29, 1.82) is 0 Å². The largest absolute Gasteiger partial charge is 0.322 e. The molecule has 2 N–H and O–H groups in total. The molecule has 0 saturated carbocycles. The minimum Gasteiger partial charge on any atom is -0.322 e. The van der Waals surface area contributed by atoms with Crippen LogP contribution in [-0.2, 0) is 4.79 Å². The van der Waals surface area contributed by atoms with Gasteiger partial charge in [0, 0.05) is 18.8 Å².